The number of likely N-dealkylation sites (N-methyl/N-ethyl adjacent to an activating group) is 1. The number of rotatable bonds is 48. The zero-order valence-electron chi connectivity index (χ0n) is 45.6. The molecule has 0 aromatic carbocycles. The van der Waals surface area contributed by atoms with E-state index in [1.165, 1.54) is 44.9 Å². The number of nitrogens with one attached hydrogen (secondary N) is 1. The molecule has 0 radical (unpaired) electrons. The van der Waals surface area contributed by atoms with Gasteiger partial charge in [0, 0.05) is 6.42 Å². The van der Waals surface area contributed by atoms with E-state index in [1.807, 2.05) is 21.1 Å². The van der Waals surface area contributed by atoms with Gasteiger partial charge < -0.3 is 19.8 Å². The number of nitrogens with zero attached hydrogens (tertiary/aromatic N) is 1. The summed E-state index contributed by atoms with van der Waals surface area (Å²) in [5, 5.41) is 13.9. The maximum absolute atomic E-state index is 12.9. The Labute approximate surface area is 436 Å². The van der Waals surface area contributed by atoms with Gasteiger partial charge in [-0.3, -0.25) is 13.8 Å². The molecule has 0 saturated heterocycles. The van der Waals surface area contributed by atoms with Gasteiger partial charge in [-0.2, -0.15) is 0 Å². The van der Waals surface area contributed by atoms with Crippen molar-refractivity contribution in [3.05, 3.63) is 146 Å². The number of aliphatic hydroxyl groups excluding tert-OH is 1. The summed E-state index contributed by atoms with van der Waals surface area (Å²) in [6, 6.07) is -0.793. The average molecular weight is 1000 g/mol. The van der Waals surface area contributed by atoms with Crippen LogP contribution in [0.3, 0.4) is 0 Å². The molecule has 0 aliphatic heterocycles. The largest absolute Gasteiger partial charge is 0.472 e. The molecule has 0 saturated carbocycles. The Balaban J connectivity index is 4.19. The Hall–Kier alpha value is -3.62. The normalized spacial score (nSPS) is 15.1. The summed E-state index contributed by atoms with van der Waals surface area (Å²) in [6.45, 7) is 4.69. The molecule has 0 aromatic rings. The van der Waals surface area contributed by atoms with Crippen LogP contribution in [0.2, 0.25) is 0 Å². The number of phosphoric ester groups is 1. The second-order valence-corrected chi connectivity index (χ2v) is 20.7. The minimum Gasteiger partial charge on any atom is -0.391 e. The van der Waals surface area contributed by atoms with Crippen molar-refractivity contribution in [2.45, 2.75) is 199 Å². The van der Waals surface area contributed by atoms with Crippen LogP contribution in [0, 0.1) is 0 Å². The average Bonchev–Trinajstić information content (AvgIpc) is 3.33. The molecule has 8 nitrogen and oxygen atoms in total. The zero-order chi connectivity index (χ0) is 52.0. The highest BCUT2D eigenvalue weighted by Crippen LogP contribution is 2.43. The van der Waals surface area contributed by atoms with Gasteiger partial charge in [0.2, 0.25) is 5.91 Å². The van der Waals surface area contributed by atoms with E-state index in [-0.39, 0.29) is 19.1 Å². The van der Waals surface area contributed by atoms with Crippen LogP contribution in [-0.2, 0) is 18.4 Å². The van der Waals surface area contributed by atoms with E-state index in [9.17, 15) is 19.4 Å². The fourth-order valence-corrected chi connectivity index (χ4v) is 7.76. The van der Waals surface area contributed by atoms with Crippen LogP contribution in [0.1, 0.15) is 187 Å². The summed E-state index contributed by atoms with van der Waals surface area (Å²) in [5.74, 6) is -0.195. The molecular formula is C62H104N2O6P+. The summed E-state index contributed by atoms with van der Waals surface area (Å²) in [4.78, 5) is 23.2. The second-order valence-electron chi connectivity index (χ2n) is 19.2. The van der Waals surface area contributed by atoms with Crippen molar-refractivity contribution >= 4 is 13.7 Å². The Morgan fingerprint density at radius 1 is 0.493 bits per heavy atom. The lowest BCUT2D eigenvalue weighted by Crippen LogP contribution is -2.46. The van der Waals surface area contributed by atoms with Gasteiger partial charge in [0.1, 0.15) is 13.2 Å². The Bertz CT molecular complexity index is 1660. The SMILES string of the molecule is CC/C=C\C/C=C\C/C=C\C/C=C\C/C=C\C/C=C\C/C=C\C/C=C\C/C=C\C/C=C\C/C=C\C/C=C\CCCCC(=O)NC(COP(=O)(O)OCC[N+](C)(C)C)C(O)CCCCCCCCCCCC. The molecule has 9 heteroatoms. The van der Waals surface area contributed by atoms with Gasteiger partial charge in [0.05, 0.1) is 39.9 Å². The topological polar surface area (TPSA) is 105 Å². The van der Waals surface area contributed by atoms with Crippen LogP contribution in [-0.4, -0.2) is 73.4 Å². The number of carbonyl (C=O) groups excluding carboxylic acids is 1. The van der Waals surface area contributed by atoms with E-state index in [0.29, 0.717) is 30.3 Å². The summed E-state index contributed by atoms with van der Waals surface area (Å²) >= 11 is 0. The zero-order valence-corrected chi connectivity index (χ0v) is 46.5. The van der Waals surface area contributed by atoms with E-state index in [1.54, 1.807) is 0 Å². The third-order valence-electron chi connectivity index (χ3n) is 11.4. The number of carbonyl (C=O) groups is 1. The number of phosphoric acid groups is 1. The van der Waals surface area contributed by atoms with Gasteiger partial charge in [-0.1, -0.05) is 224 Å². The molecule has 3 atom stereocenters. The van der Waals surface area contributed by atoms with E-state index in [2.05, 4.69) is 165 Å². The van der Waals surface area contributed by atoms with E-state index >= 15 is 0 Å². The molecule has 0 fully saturated rings. The predicted octanol–water partition coefficient (Wildman–Crippen LogP) is 16.9. The van der Waals surface area contributed by atoms with Crippen LogP contribution in [0.15, 0.2) is 146 Å². The first-order valence-corrected chi connectivity index (χ1v) is 29.2. The van der Waals surface area contributed by atoms with Gasteiger partial charge in [-0.25, -0.2) is 4.57 Å². The van der Waals surface area contributed by atoms with Crippen molar-refractivity contribution in [3.63, 3.8) is 0 Å². The van der Waals surface area contributed by atoms with Crippen LogP contribution >= 0.6 is 7.82 Å². The number of hydrogen-bond acceptors (Lipinski definition) is 5. The molecule has 71 heavy (non-hydrogen) atoms. The standard InChI is InChI=1S/C62H103N2O6P/c1-6-8-10-12-14-16-18-19-20-21-22-23-24-25-26-27-28-29-30-31-32-33-34-35-36-37-38-39-40-41-42-43-44-45-46-48-50-52-54-56-62(66)63-60(59-70-71(67,68)69-58-57-64(3,4)5)61(65)55-53-51-49-47-17-15-13-11-9-7-2/h8,10,14,16,19-20,22-23,25-26,28-29,31-32,34-35,37-38,40-41,43-44,46,48,60-61,65H,6-7,9,11-13,15,17-18,21,24,27,30,33,36,39,42,45,47,49-59H2,1-5H3,(H-,63,66,67,68)/p+1/b10-8-,16-14-,20-19-,23-22-,26-25-,29-28-,32-31-,35-34-,38-37-,41-40-,44-43-,48-46-. The molecule has 0 rings (SSSR count). The molecule has 402 valence electrons. The first kappa shape index (κ1) is 67.4. The van der Waals surface area contributed by atoms with Crippen molar-refractivity contribution in [1.29, 1.82) is 0 Å². The molecule has 0 heterocycles. The van der Waals surface area contributed by atoms with Crippen LogP contribution in [0.25, 0.3) is 0 Å². The lowest BCUT2D eigenvalue weighted by molar-refractivity contribution is -0.870. The molecular weight excluding hydrogens is 900 g/mol. The maximum Gasteiger partial charge on any atom is 0.472 e. The highest BCUT2D eigenvalue weighted by Gasteiger charge is 2.28. The van der Waals surface area contributed by atoms with Crippen molar-refractivity contribution in [2.24, 2.45) is 0 Å². The highest BCUT2D eigenvalue weighted by atomic mass is 31.2. The maximum atomic E-state index is 12.9. The number of allylic oxidation sites excluding steroid dienone is 24. The first-order chi connectivity index (χ1) is 34.5. The molecule has 0 aliphatic carbocycles. The molecule has 1 amide bonds. The fourth-order valence-electron chi connectivity index (χ4n) is 7.03. The quantitative estimate of drug-likeness (QED) is 0.0243. The molecule has 0 aliphatic rings. The van der Waals surface area contributed by atoms with Crippen LogP contribution < -0.4 is 5.32 Å². The second kappa shape index (κ2) is 51.3. The Kier molecular flexibility index (Phi) is 48.7. The van der Waals surface area contributed by atoms with E-state index < -0.39 is 20.0 Å². The Morgan fingerprint density at radius 3 is 1.21 bits per heavy atom. The monoisotopic (exact) mass is 1000 g/mol. The van der Waals surface area contributed by atoms with Gasteiger partial charge >= 0.3 is 7.82 Å². The molecule has 3 unspecified atom stereocenters. The summed E-state index contributed by atoms with van der Waals surface area (Å²) < 4.78 is 23.6. The third-order valence-corrected chi connectivity index (χ3v) is 12.3. The van der Waals surface area contributed by atoms with E-state index in [4.69, 9.17) is 9.05 Å². The Morgan fingerprint density at radius 2 is 0.845 bits per heavy atom. The minimum atomic E-state index is -4.34. The van der Waals surface area contributed by atoms with Crippen LogP contribution in [0.5, 0.6) is 0 Å². The highest BCUT2D eigenvalue weighted by molar-refractivity contribution is 7.47. The van der Waals surface area contributed by atoms with E-state index in [0.717, 1.165) is 109 Å². The molecule has 0 aromatic heterocycles. The van der Waals surface area contributed by atoms with Crippen LogP contribution in [0.4, 0.5) is 0 Å². The number of unbranched alkanes of at least 4 members (excludes halogenated alkanes) is 11. The van der Waals surface area contributed by atoms with Gasteiger partial charge in [0.25, 0.3) is 0 Å². The smallest absolute Gasteiger partial charge is 0.391 e. The number of hydrogen-bond donors (Lipinski definition) is 3. The van der Waals surface area contributed by atoms with Crippen molar-refractivity contribution in [2.75, 3.05) is 40.9 Å². The number of aliphatic hydroxyl groups is 1. The molecule has 0 bridgehead atoms. The predicted molar refractivity (Wildman–Crippen MR) is 308 cm³/mol. The number of amides is 1. The third kappa shape index (κ3) is 54.0. The summed E-state index contributed by atoms with van der Waals surface area (Å²) in [5.41, 5.74) is 0. The summed E-state index contributed by atoms with van der Waals surface area (Å²) in [7, 11) is 1.56. The van der Waals surface area contributed by atoms with Gasteiger partial charge in [0.15, 0.2) is 0 Å². The lowest BCUT2D eigenvalue weighted by Gasteiger charge is -2.26. The minimum absolute atomic E-state index is 0.0579. The summed E-state index contributed by atoms with van der Waals surface area (Å²) in [6.07, 6.45) is 79.2. The molecule has 3 N–H and O–H groups in total. The van der Waals surface area contributed by atoms with Crippen molar-refractivity contribution in [3.8, 4) is 0 Å². The lowest BCUT2D eigenvalue weighted by atomic mass is 10.0. The molecule has 0 spiro atoms. The van der Waals surface area contributed by atoms with Gasteiger partial charge in [-0.05, 0) is 103 Å². The fraction of sp³-hybridized carbons (Fsp3) is 0.597. The van der Waals surface area contributed by atoms with Crippen molar-refractivity contribution < 1.29 is 32.9 Å². The first-order valence-electron chi connectivity index (χ1n) is 27.7. The number of quaternary nitrogens is 1. The van der Waals surface area contributed by atoms with Crippen molar-refractivity contribution in [1.82, 2.24) is 5.32 Å². The van der Waals surface area contributed by atoms with Gasteiger partial charge in [-0.15, -0.1) is 0 Å².